The number of rotatable bonds is 7. The second-order valence-corrected chi connectivity index (χ2v) is 7.50. The summed E-state index contributed by atoms with van der Waals surface area (Å²) in [5.74, 6) is -0.765. The van der Waals surface area contributed by atoms with Gasteiger partial charge in [0, 0.05) is 45.3 Å². The molecule has 0 aromatic rings. The van der Waals surface area contributed by atoms with Crippen molar-refractivity contribution in [1.29, 1.82) is 0 Å². The fourth-order valence-corrected chi connectivity index (χ4v) is 2.98. The van der Waals surface area contributed by atoms with Gasteiger partial charge < -0.3 is 19.8 Å². The maximum Gasteiger partial charge on any atom is 0.316 e. The highest BCUT2D eigenvalue weighted by Gasteiger charge is 2.43. The van der Waals surface area contributed by atoms with E-state index in [0.717, 1.165) is 52.1 Å². The van der Waals surface area contributed by atoms with Gasteiger partial charge in [0.2, 0.25) is 11.6 Å². The number of aliphatic carboxylic acids is 1. The number of ketones is 2. The molecule has 0 radical (unpaired) electrons. The highest BCUT2D eigenvalue weighted by atomic mass is 32.1. The lowest BCUT2D eigenvalue weighted by Crippen LogP contribution is -2.29. The summed E-state index contributed by atoms with van der Waals surface area (Å²) in [4.78, 5) is 40.6. The summed E-state index contributed by atoms with van der Waals surface area (Å²) < 4.78 is 0. The first kappa shape index (κ1) is 18.8. The van der Waals surface area contributed by atoms with Crippen LogP contribution in [0.2, 0.25) is 0 Å². The molecule has 4 aliphatic rings. The van der Waals surface area contributed by atoms with Crippen molar-refractivity contribution >= 4 is 30.2 Å². The lowest BCUT2D eigenvalue weighted by molar-refractivity contribution is -0.136. The molecule has 26 heavy (non-hydrogen) atoms. The van der Waals surface area contributed by atoms with E-state index in [1.807, 2.05) is 21.6 Å². The first-order valence-corrected chi connectivity index (χ1v) is 9.66. The Morgan fingerprint density at radius 3 is 2.08 bits per heavy atom. The third kappa shape index (κ3) is 4.41. The van der Waals surface area contributed by atoms with E-state index in [1.165, 1.54) is 6.08 Å². The van der Waals surface area contributed by atoms with Crippen molar-refractivity contribution in [3.8, 4) is 0 Å². The highest BCUT2D eigenvalue weighted by molar-refractivity contribution is 7.81. The summed E-state index contributed by atoms with van der Waals surface area (Å²) in [6.45, 7) is 7.44. The van der Waals surface area contributed by atoms with E-state index < -0.39 is 11.2 Å². The number of thiol groups is 1. The fourth-order valence-electron chi connectivity index (χ4n) is 2.80. The summed E-state index contributed by atoms with van der Waals surface area (Å²) in [7, 11) is 0. The van der Waals surface area contributed by atoms with Gasteiger partial charge in [0.1, 0.15) is 11.4 Å². The van der Waals surface area contributed by atoms with Crippen LogP contribution >= 0.6 is 12.6 Å². The van der Waals surface area contributed by atoms with Crippen molar-refractivity contribution in [2.24, 2.45) is 0 Å². The van der Waals surface area contributed by atoms with Crippen LogP contribution in [0.25, 0.3) is 0 Å². The van der Waals surface area contributed by atoms with Crippen LogP contribution in [0.5, 0.6) is 0 Å². The number of carbonyl (C=O) groups is 3. The van der Waals surface area contributed by atoms with Crippen LogP contribution in [-0.4, -0.2) is 81.9 Å². The van der Waals surface area contributed by atoms with E-state index in [0.29, 0.717) is 23.5 Å². The average Bonchev–Trinajstić information content (AvgIpc) is 3.48. The minimum absolute atomic E-state index is 0.00546. The van der Waals surface area contributed by atoms with Gasteiger partial charge in [-0.25, -0.2) is 0 Å². The number of carboxylic acid groups (broad SMARTS) is 1. The van der Waals surface area contributed by atoms with Gasteiger partial charge >= 0.3 is 5.97 Å². The number of carbonyl (C=O) groups excluding carboxylic acids is 2. The summed E-state index contributed by atoms with van der Waals surface area (Å²) in [5.41, 5.74) is 1.89. The van der Waals surface area contributed by atoms with Gasteiger partial charge in [-0.1, -0.05) is 19.8 Å². The molecule has 7 nitrogen and oxygen atoms in total. The van der Waals surface area contributed by atoms with Crippen LogP contribution in [0.1, 0.15) is 26.2 Å². The number of Topliss-reactive ketones (excluding diaryl/α,β-unsaturated/α-hetero) is 1. The minimum atomic E-state index is -0.813. The molecule has 0 spiro atoms. The molecule has 3 aliphatic heterocycles. The molecule has 0 aromatic heterocycles. The van der Waals surface area contributed by atoms with Crippen LogP contribution in [0, 0.1) is 0 Å². The van der Waals surface area contributed by atoms with Crippen molar-refractivity contribution in [3.05, 3.63) is 23.2 Å². The largest absolute Gasteiger partial charge is 0.480 e. The smallest absolute Gasteiger partial charge is 0.316 e. The predicted molar refractivity (Wildman–Crippen MR) is 99.8 cm³/mol. The van der Waals surface area contributed by atoms with Crippen molar-refractivity contribution in [2.75, 3.05) is 39.3 Å². The number of carboxylic acids is 1. The van der Waals surface area contributed by atoms with Gasteiger partial charge in [-0.2, -0.15) is 12.6 Å². The van der Waals surface area contributed by atoms with Crippen LogP contribution in [0.4, 0.5) is 0 Å². The van der Waals surface area contributed by atoms with E-state index in [4.69, 9.17) is 5.11 Å². The maximum absolute atomic E-state index is 12.4. The molecular formula is C18H25N3O4S. The number of unbranched alkanes of at least 4 members (excludes halogenated alkanes) is 1. The number of nitrogens with zero attached hydrogens (tertiary/aromatic N) is 3. The molecule has 8 heteroatoms. The molecule has 4 rings (SSSR count). The highest BCUT2D eigenvalue weighted by Crippen LogP contribution is 2.33. The number of hydrogen-bond donors (Lipinski definition) is 2. The van der Waals surface area contributed by atoms with Crippen molar-refractivity contribution in [1.82, 2.24) is 14.7 Å². The Balaban J connectivity index is 0.000000188. The van der Waals surface area contributed by atoms with Crippen LogP contribution in [-0.2, 0) is 14.4 Å². The van der Waals surface area contributed by atoms with Crippen LogP contribution in [0.3, 0.4) is 0 Å². The predicted octanol–water partition coefficient (Wildman–Crippen LogP) is 0.740. The molecule has 3 heterocycles. The van der Waals surface area contributed by atoms with E-state index in [2.05, 4.69) is 12.6 Å². The summed E-state index contributed by atoms with van der Waals surface area (Å²) in [6, 6.07) is 0. The Hall–Kier alpha value is -1.96. The Morgan fingerprint density at radius 2 is 1.62 bits per heavy atom. The molecule has 0 aromatic carbocycles. The first-order valence-electron chi connectivity index (χ1n) is 9.14. The minimum Gasteiger partial charge on any atom is -0.480 e. The van der Waals surface area contributed by atoms with Crippen molar-refractivity contribution in [3.63, 3.8) is 0 Å². The summed E-state index contributed by atoms with van der Waals surface area (Å²) in [6.07, 6.45) is 4.18. The molecule has 1 N–H and O–H groups in total. The van der Waals surface area contributed by atoms with E-state index in [1.54, 1.807) is 0 Å². The third-order valence-electron chi connectivity index (χ3n) is 4.60. The quantitative estimate of drug-likeness (QED) is 0.384. The fraction of sp³-hybridized carbons (Fsp3) is 0.611. The summed E-state index contributed by atoms with van der Waals surface area (Å²) >= 11 is 3.86. The molecule has 1 atom stereocenters. The van der Waals surface area contributed by atoms with Crippen molar-refractivity contribution < 1.29 is 19.5 Å². The Kier molecular flexibility index (Phi) is 5.60. The third-order valence-corrected chi connectivity index (χ3v) is 5.08. The molecule has 1 aliphatic carbocycles. The zero-order valence-electron chi connectivity index (χ0n) is 15.0. The van der Waals surface area contributed by atoms with E-state index in [-0.39, 0.29) is 11.6 Å². The van der Waals surface area contributed by atoms with E-state index >= 15 is 0 Å². The summed E-state index contributed by atoms with van der Waals surface area (Å²) in [5, 5.41) is 7.86. The molecular weight excluding hydrogens is 354 g/mol. The van der Waals surface area contributed by atoms with Gasteiger partial charge in [0.05, 0.1) is 10.9 Å². The van der Waals surface area contributed by atoms with Gasteiger partial charge in [-0.05, 0) is 6.42 Å². The van der Waals surface area contributed by atoms with Crippen LogP contribution in [0.15, 0.2) is 23.2 Å². The number of allylic oxidation sites excluding steroid dienone is 1. The molecule has 0 saturated carbocycles. The molecule has 1 unspecified atom stereocenters. The SMILES string of the molecule is CCCCC(S)C(=O)O.O=C1C=C(N2CC2)C(=O)C(N2CC2)=C1N1CC1. The average molecular weight is 379 g/mol. The topological polar surface area (TPSA) is 80.5 Å². The molecule has 0 amide bonds. The lowest BCUT2D eigenvalue weighted by atomic mass is 10.0. The van der Waals surface area contributed by atoms with Crippen LogP contribution < -0.4 is 0 Å². The monoisotopic (exact) mass is 379 g/mol. The lowest BCUT2D eigenvalue weighted by Gasteiger charge is -2.21. The Labute approximate surface area is 158 Å². The molecule has 3 fully saturated rings. The van der Waals surface area contributed by atoms with Gasteiger partial charge in [0.15, 0.2) is 0 Å². The maximum atomic E-state index is 12.4. The van der Waals surface area contributed by atoms with E-state index in [9.17, 15) is 14.4 Å². The zero-order valence-corrected chi connectivity index (χ0v) is 15.9. The molecule has 142 valence electrons. The molecule has 0 bridgehead atoms. The first-order chi connectivity index (χ1) is 12.4. The second-order valence-electron chi connectivity index (χ2n) is 6.88. The van der Waals surface area contributed by atoms with Gasteiger partial charge in [-0.3, -0.25) is 14.4 Å². The standard InChI is InChI=1S/C12H13N3O2.C6H12O2S/c16-9-7-8(13-1-2-13)12(17)11(15-5-6-15)10(9)14-3-4-14;1-2-3-4-5(9)6(7)8/h7H,1-6H2;5,9H,2-4H2,1H3,(H,7,8). The van der Waals surface area contributed by atoms with Gasteiger partial charge in [0.25, 0.3) is 0 Å². The second kappa shape index (κ2) is 7.73. The normalized spacial score (nSPS) is 21.9. The Morgan fingerprint density at radius 1 is 1.08 bits per heavy atom. The van der Waals surface area contributed by atoms with Crippen molar-refractivity contribution in [2.45, 2.75) is 31.4 Å². The Bertz CT molecular complexity index is 676. The number of hydrogen-bond acceptors (Lipinski definition) is 7. The molecule has 3 saturated heterocycles. The zero-order chi connectivity index (χ0) is 18.8. The van der Waals surface area contributed by atoms with Gasteiger partial charge in [-0.15, -0.1) is 0 Å².